The van der Waals surface area contributed by atoms with Crippen LogP contribution < -0.4 is 0 Å². The van der Waals surface area contributed by atoms with Crippen molar-refractivity contribution in [2.45, 2.75) is 26.3 Å². The topological polar surface area (TPSA) is 49.3 Å². The second-order valence-electron chi connectivity index (χ2n) is 8.18. The van der Waals surface area contributed by atoms with E-state index < -0.39 is 0 Å². The predicted octanol–water partition coefficient (Wildman–Crippen LogP) is 4.06. The molecule has 0 spiro atoms. The lowest BCUT2D eigenvalue weighted by Crippen LogP contribution is -2.37. The number of carbonyl (C=O) groups excluding carboxylic acids is 1. The van der Waals surface area contributed by atoms with E-state index in [1.54, 1.807) is 0 Å². The Morgan fingerprint density at radius 2 is 1.77 bits per heavy atom. The lowest BCUT2D eigenvalue weighted by Gasteiger charge is -2.24. The fraction of sp³-hybridized carbons (Fsp3) is 0.346. The maximum atomic E-state index is 13.5. The molecular formula is C26H30N4O. The highest BCUT2D eigenvalue weighted by molar-refractivity contribution is 5.80. The molecule has 160 valence electrons. The number of hydrogen-bond acceptors (Lipinski definition) is 4. The maximum absolute atomic E-state index is 13.5. The molecule has 1 amide bonds. The number of carbonyl (C=O) groups is 1. The van der Waals surface area contributed by atoms with E-state index in [1.807, 2.05) is 42.9 Å². The molecule has 1 aliphatic heterocycles. The number of aromatic nitrogens is 2. The van der Waals surface area contributed by atoms with Crippen LogP contribution in [0.15, 0.2) is 73.2 Å². The van der Waals surface area contributed by atoms with E-state index >= 15 is 0 Å². The molecule has 5 nitrogen and oxygen atoms in total. The quantitative estimate of drug-likeness (QED) is 0.585. The molecule has 3 aromatic rings. The van der Waals surface area contributed by atoms with Gasteiger partial charge in [-0.3, -0.25) is 19.7 Å². The third-order valence-corrected chi connectivity index (χ3v) is 5.91. The van der Waals surface area contributed by atoms with Crippen molar-refractivity contribution in [3.8, 4) is 11.1 Å². The lowest BCUT2D eigenvalue weighted by atomic mass is 9.91. The van der Waals surface area contributed by atoms with Gasteiger partial charge in [-0.15, -0.1) is 0 Å². The van der Waals surface area contributed by atoms with Gasteiger partial charge in [0.1, 0.15) is 0 Å². The third-order valence-electron chi connectivity index (χ3n) is 5.91. The molecule has 0 saturated carbocycles. The molecule has 3 heterocycles. The van der Waals surface area contributed by atoms with Gasteiger partial charge >= 0.3 is 0 Å². The average Bonchev–Trinajstić information content (AvgIpc) is 2.95. The Kier molecular flexibility index (Phi) is 7.05. The summed E-state index contributed by atoms with van der Waals surface area (Å²) in [6.07, 6.45) is 7.19. The molecule has 0 unspecified atom stereocenters. The van der Waals surface area contributed by atoms with Gasteiger partial charge in [-0.25, -0.2) is 0 Å². The molecule has 2 aromatic heterocycles. The number of amides is 1. The molecule has 0 radical (unpaired) electrons. The number of pyridine rings is 2. The van der Waals surface area contributed by atoms with E-state index in [2.05, 4.69) is 57.0 Å². The van der Waals surface area contributed by atoms with E-state index in [-0.39, 0.29) is 11.8 Å². The number of rotatable bonds is 7. The highest BCUT2D eigenvalue weighted by Crippen LogP contribution is 2.27. The van der Waals surface area contributed by atoms with E-state index in [0.29, 0.717) is 0 Å². The van der Waals surface area contributed by atoms with Gasteiger partial charge in [0, 0.05) is 51.3 Å². The van der Waals surface area contributed by atoms with E-state index in [4.69, 9.17) is 0 Å². The first-order chi connectivity index (χ1) is 15.2. The summed E-state index contributed by atoms with van der Waals surface area (Å²) in [6, 6.07) is 18.5. The van der Waals surface area contributed by atoms with Crippen LogP contribution in [0.5, 0.6) is 0 Å². The number of nitrogens with zero attached hydrogens (tertiary/aromatic N) is 4. The molecule has 4 rings (SSSR count). The van der Waals surface area contributed by atoms with Crippen LogP contribution >= 0.6 is 0 Å². The van der Waals surface area contributed by atoms with Crippen molar-refractivity contribution in [1.29, 1.82) is 0 Å². The fourth-order valence-electron chi connectivity index (χ4n) is 4.40. The second-order valence-corrected chi connectivity index (χ2v) is 8.18. The molecule has 0 bridgehead atoms. The van der Waals surface area contributed by atoms with Crippen molar-refractivity contribution in [2.75, 3.05) is 26.2 Å². The van der Waals surface area contributed by atoms with Crippen molar-refractivity contribution in [2.24, 2.45) is 5.92 Å². The minimum Gasteiger partial charge on any atom is -0.341 e. The van der Waals surface area contributed by atoms with Gasteiger partial charge in [0.05, 0.1) is 11.6 Å². The fourth-order valence-corrected chi connectivity index (χ4v) is 4.40. The van der Waals surface area contributed by atoms with E-state index in [1.165, 1.54) is 11.1 Å². The first kappa shape index (κ1) is 21.2. The smallest absolute Gasteiger partial charge is 0.227 e. The van der Waals surface area contributed by atoms with Gasteiger partial charge < -0.3 is 4.90 Å². The van der Waals surface area contributed by atoms with Crippen LogP contribution in [0.2, 0.25) is 0 Å². The second kappa shape index (κ2) is 10.3. The lowest BCUT2D eigenvalue weighted by molar-refractivity contribution is -0.134. The Morgan fingerprint density at radius 1 is 0.968 bits per heavy atom. The largest absolute Gasteiger partial charge is 0.341 e. The van der Waals surface area contributed by atoms with Gasteiger partial charge in [-0.1, -0.05) is 37.3 Å². The maximum Gasteiger partial charge on any atom is 0.227 e. The van der Waals surface area contributed by atoms with Crippen LogP contribution in [-0.4, -0.2) is 51.9 Å². The highest BCUT2D eigenvalue weighted by atomic mass is 16.2. The van der Waals surface area contributed by atoms with Crippen LogP contribution in [0, 0.1) is 5.92 Å². The van der Waals surface area contributed by atoms with Gasteiger partial charge in [-0.2, -0.15) is 0 Å². The summed E-state index contributed by atoms with van der Waals surface area (Å²) in [5.74, 6) is 0.204. The summed E-state index contributed by atoms with van der Waals surface area (Å²) in [5, 5.41) is 0. The van der Waals surface area contributed by atoms with Gasteiger partial charge in [0.15, 0.2) is 0 Å². The number of benzene rings is 1. The summed E-state index contributed by atoms with van der Waals surface area (Å²) in [7, 11) is 0. The van der Waals surface area contributed by atoms with Gasteiger partial charge in [0.25, 0.3) is 0 Å². The van der Waals surface area contributed by atoms with Crippen LogP contribution in [0.1, 0.15) is 24.6 Å². The van der Waals surface area contributed by atoms with E-state index in [0.717, 1.165) is 56.8 Å². The zero-order valence-electron chi connectivity index (χ0n) is 18.2. The molecule has 5 heteroatoms. The standard InChI is InChI=1S/C26H30N4O/c1-2-15-30-17-16-29(20-24-8-5-6-12-28-24)19-23(26(30)31)18-22-7-3-4-9-25(22)21-10-13-27-14-11-21/h3-14,23H,2,15-20H2,1H3/t23-/m0/s1. The third kappa shape index (κ3) is 5.36. The molecule has 1 aliphatic rings. The summed E-state index contributed by atoms with van der Waals surface area (Å²) in [4.78, 5) is 26.5. The minimum absolute atomic E-state index is 0.0688. The molecule has 31 heavy (non-hydrogen) atoms. The molecule has 1 aromatic carbocycles. The van der Waals surface area contributed by atoms with Gasteiger partial charge in [-0.05, 0) is 53.8 Å². The summed E-state index contributed by atoms with van der Waals surface area (Å²) in [5.41, 5.74) is 4.58. The first-order valence-electron chi connectivity index (χ1n) is 11.1. The van der Waals surface area contributed by atoms with Crippen LogP contribution in [0.3, 0.4) is 0 Å². The van der Waals surface area contributed by atoms with Crippen LogP contribution in [-0.2, 0) is 17.8 Å². The van der Waals surface area contributed by atoms with Crippen molar-refractivity contribution < 1.29 is 4.79 Å². The summed E-state index contributed by atoms with van der Waals surface area (Å²) < 4.78 is 0. The molecule has 1 fully saturated rings. The van der Waals surface area contributed by atoms with E-state index in [9.17, 15) is 4.79 Å². The zero-order chi connectivity index (χ0) is 21.5. The minimum atomic E-state index is -0.0688. The van der Waals surface area contributed by atoms with Crippen molar-refractivity contribution >= 4 is 5.91 Å². The Bertz CT molecular complexity index is 977. The average molecular weight is 415 g/mol. The zero-order valence-corrected chi connectivity index (χ0v) is 18.2. The van der Waals surface area contributed by atoms with Crippen molar-refractivity contribution in [3.05, 3.63) is 84.4 Å². The molecule has 0 N–H and O–H groups in total. The highest BCUT2D eigenvalue weighted by Gasteiger charge is 2.30. The SMILES string of the molecule is CCCN1CCN(Cc2ccccn2)C[C@H](Cc2ccccc2-c2ccncc2)C1=O. The monoisotopic (exact) mass is 414 g/mol. The summed E-state index contributed by atoms with van der Waals surface area (Å²) >= 11 is 0. The molecule has 1 atom stereocenters. The first-order valence-corrected chi connectivity index (χ1v) is 11.1. The Balaban J connectivity index is 1.59. The normalized spacial score (nSPS) is 17.5. The Morgan fingerprint density at radius 3 is 2.55 bits per heavy atom. The predicted molar refractivity (Wildman–Crippen MR) is 123 cm³/mol. The van der Waals surface area contributed by atoms with Crippen molar-refractivity contribution in [1.82, 2.24) is 19.8 Å². The van der Waals surface area contributed by atoms with Gasteiger partial charge in [0.2, 0.25) is 5.91 Å². The van der Waals surface area contributed by atoms with Crippen LogP contribution in [0.4, 0.5) is 0 Å². The molecule has 0 aliphatic carbocycles. The Labute approximate surface area is 184 Å². The Hall–Kier alpha value is -3.05. The van der Waals surface area contributed by atoms with Crippen LogP contribution in [0.25, 0.3) is 11.1 Å². The molecule has 1 saturated heterocycles. The number of hydrogen-bond donors (Lipinski definition) is 0. The molecular weight excluding hydrogens is 384 g/mol. The summed E-state index contributed by atoms with van der Waals surface area (Å²) in [6.45, 7) is 6.14. The van der Waals surface area contributed by atoms with Crippen molar-refractivity contribution in [3.63, 3.8) is 0 Å².